The first-order valence-corrected chi connectivity index (χ1v) is 10.9. The van der Waals surface area contributed by atoms with Crippen LogP contribution in [0.3, 0.4) is 0 Å². The number of nitrogens with one attached hydrogen (secondary N) is 3. The van der Waals surface area contributed by atoms with E-state index in [4.69, 9.17) is 0 Å². The highest BCUT2D eigenvalue weighted by Crippen LogP contribution is 2.24. The largest absolute Gasteiger partial charge is 0.363 e. The van der Waals surface area contributed by atoms with E-state index in [0.29, 0.717) is 6.04 Å². The van der Waals surface area contributed by atoms with Gasteiger partial charge in [0, 0.05) is 49.8 Å². The van der Waals surface area contributed by atoms with E-state index in [1.54, 1.807) is 0 Å². The van der Waals surface area contributed by atoms with Crippen LogP contribution in [0, 0.1) is 6.92 Å². The van der Waals surface area contributed by atoms with Gasteiger partial charge in [0.25, 0.3) is 0 Å². The molecule has 3 heterocycles. The number of hydrogen-bond donors (Lipinski definition) is 3. The number of aromatic nitrogens is 1. The Balaban J connectivity index is 0.00000240. The molecule has 0 unspecified atom stereocenters. The van der Waals surface area contributed by atoms with Gasteiger partial charge < -0.3 is 20.5 Å². The van der Waals surface area contributed by atoms with Crippen molar-refractivity contribution in [3.8, 4) is 0 Å². The van der Waals surface area contributed by atoms with Crippen molar-refractivity contribution in [1.29, 1.82) is 0 Å². The summed E-state index contributed by atoms with van der Waals surface area (Å²) in [5.74, 6) is 0.908. The molecular weight excluding hydrogens is 493 g/mol. The molecule has 1 aliphatic heterocycles. The molecule has 0 saturated carbocycles. The predicted octanol–water partition coefficient (Wildman–Crippen LogP) is 4.53. The maximum absolute atomic E-state index is 4.42. The third kappa shape index (κ3) is 5.45. The summed E-state index contributed by atoms with van der Waals surface area (Å²) in [5.41, 5.74) is 3.85. The number of aromatic amines is 1. The zero-order valence-electron chi connectivity index (χ0n) is 17.1. The molecule has 2 aromatic heterocycles. The van der Waals surface area contributed by atoms with Crippen LogP contribution in [0.1, 0.15) is 24.0 Å². The lowest BCUT2D eigenvalue weighted by molar-refractivity contribution is 0.463. The van der Waals surface area contributed by atoms with Crippen LogP contribution in [0.5, 0.6) is 0 Å². The van der Waals surface area contributed by atoms with Crippen molar-refractivity contribution in [3.63, 3.8) is 0 Å². The smallest absolute Gasteiger partial charge is 0.191 e. The summed E-state index contributed by atoms with van der Waals surface area (Å²) in [6.45, 7) is 5.20. The summed E-state index contributed by atoms with van der Waals surface area (Å²) >= 11 is 1.83. The Labute approximate surface area is 194 Å². The van der Waals surface area contributed by atoms with Crippen LogP contribution >= 0.6 is 35.3 Å². The van der Waals surface area contributed by atoms with Gasteiger partial charge in [0.1, 0.15) is 0 Å². The highest BCUT2D eigenvalue weighted by Gasteiger charge is 2.20. The quantitative estimate of drug-likeness (QED) is 0.262. The van der Waals surface area contributed by atoms with Gasteiger partial charge in [-0.25, -0.2) is 0 Å². The Morgan fingerprint density at radius 3 is 2.83 bits per heavy atom. The first kappa shape index (κ1) is 22.0. The molecule has 1 saturated heterocycles. The van der Waals surface area contributed by atoms with Gasteiger partial charge in [-0.2, -0.15) is 0 Å². The van der Waals surface area contributed by atoms with Crippen molar-refractivity contribution < 1.29 is 0 Å². The first-order valence-electron chi connectivity index (χ1n) is 10.0. The summed E-state index contributed by atoms with van der Waals surface area (Å²) in [6, 6.07) is 11.4. The van der Waals surface area contributed by atoms with Gasteiger partial charge in [0.15, 0.2) is 5.96 Å². The lowest BCUT2D eigenvalue weighted by atomic mass is 10.1. The number of rotatable bonds is 5. The monoisotopic (exact) mass is 523 g/mol. The van der Waals surface area contributed by atoms with Gasteiger partial charge in [0.05, 0.1) is 5.00 Å². The highest BCUT2D eigenvalue weighted by atomic mass is 127. The average Bonchev–Trinajstić information content (AvgIpc) is 3.38. The molecule has 0 aliphatic carbocycles. The number of thiophene rings is 1. The molecule has 5 nitrogen and oxygen atoms in total. The van der Waals surface area contributed by atoms with E-state index in [1.807, 2.05) is 18.4 Å². The molecule has 0 spiro atoms. The van der Waals surface area contributed by atoms with Crippen LogP contribution in [0.25, 0.3) is 10.9 Å². The van der Waals surface area contributed by atoms with E-state index in [9.17, 15) is 0 Å². The molecule has 1 aliphatic rings. The Morgan fingerprint density at radius 2 is 2.10 bits per heavy atom. The Hall–Kier alpha value is -1.74. The number of hydrogen-bond acceptors (Lipinski definition) is 3. The number of anilines is 1. The van der Waals surface area contributed by atoms with Gasteiger partial charge in [-0.1, -0.05) is 12.1 Å². The zero-order valence-corrected chi connectivity index (χ0v) is 20.2. The summed E-state index contributed by atoms with van der Waals surface area (Å²) in [4.78, 5) is 10.3. The molecule has 0 atom stereocenters. The minimum Gasteiger partial charge on any atom is -0.363 e. The number of fused-ring (bicyclic) bond motifs is 1. The molecule has 29 heavy (non-hydrogen) atoms. The number of piperidine rings is 1. The maximum atomic E-state index is 4.42. The number of H-pyrrole nitrogens is 1. The second-order valence-electron chi connectivity index (χ2n) is 7.47. The van der Waals surface area contributed by atoms with Crippen molar-refractivity contribution in [1.82, 2.24) is 15.6 Å². The fraction of sp³-hybridized carbons (Fsp3) is 0.409. The van der Waals surface area contributed by atoms with E-state index in [-0.39, 0.29) is 24.0 Å². The number of nitrogens with zero attached hydrogens (tertiary/aromatic N) is 2. The van der Waals surface area contributed by atoms with Crippen molar-refractivity contribution >= 4 is 57.2 Å². The summed E-state index contributed by atoms with van der Waals surface area (Å²) in [7, 11) is 1.85. The van der Waals surface area contributed by atoms with E-state index in [0.717, 1.165) is 44.9 Å². The average molecular weight is 523 g/mol. The van der Waals surface area contributed by atoms with Crippen LogP contribution in [0.4, 0.5) is 5.00 Å². The van der Waals surface area contributed by atoms with Crippen molar-refractivity contribution in [3.05, 3.63) is 53.0 Å². The Bertz CT molecular complexity index is 926. The van der Waals surface area contributed by atoms with Crippen molar-refractivity contribution in [2.24, 2.45) is 4.99 Å². The lowest BCUT2D eigenvalue weighted by Crippen LogP contribution is -2.49. The van der Waals surface area contributed by atoms with E-state index in [2.05, 4.69) is 74.3 Å². The lowest BCUT2D eigenvalue weighted by Gasteiger charge is -2.33. The predicted molar refractivity (Wildman–Crippen MR) is 136 cm³/mol. The summed E-state index contributed by atoms with van der Waals surface area (Å²) < 4.78 is 0. The highest BCUT2D eigenvalue weighted by molar-refractivity contribution is 14.0. The van der Waals surface area contributed by atoms with Crippen LogP contribution in [0.2, 0.25) is 0 Å². The van der Waals surface area contributed by atoms with Gasteiger partial charge in [-0.15, -0.1) is 35.3 Å². The fourth-order valence-corrected chi connectivity index (χ4v) is 4.69. The molecule has 7 heteroatoms. The van der Waals surface area contributed by atoms with Gasteiger partial charge in [-0.3, -0.25) is 4.99 Å². The second kappa shape index (κ2) is 10.3. The zero-order chi connectivity index (χ0) is 19.3. The molecule has 1 aromatic carbocycles. The fourth-order valence-electron chi connectivity index (χ4n) is 3.90. The molecule has 1 fully saturated rings. The number of halogens is 1. The van der Waals surface area contributed by atoms with E-state index >= 15 is 0 Å². The Morgan fingerprint density at radius 1 is 1.28 bits per heavy atom. The summed E-state index contributed by atoms with van der Waals surface area (Å²) in [6.07, 6.45) is 5.38. The second-order valence-corrected chi connectivity index (χ2v) is 8.40. The minimum atomic E-state index is 0. The molecule has 0 bridgehead atoms. The molecule has 0 radical (unpaired) electrons. The van der Waals surface area contributed by atoms with Crippen molar-refractivity contribution in [2.45, 2.75) is 32.2 Å². The number of benzene rings is 1. The Kier molecular flexibility index (Phi) is 7.83. The molecular formula is C22H30IN5S. The number of aryl methyl sites for hydroxylation is 1. The van der Waals surface area contributed by atoms with Gasteiger partial charge in [-0.05, 0) is 60.9 Å². The summed E-state index contributed by atoms with van der Waals surface area (Å²) in [5, 5.41) is 11.9. The molecule has 3 aromatic rings. The first-order chi connectivity index (χ1) is 13.7. The SMILES string of the molecule is CN=C(NCCc1c[nH]c2cc(C)ccc12)NC1CCN(c2cccs2)CC1.I. The topological polar surface area (TPSA) is 55.5 Å². The van der Waals surface area contributed by atoms with E-state index in [1.165, 1.54) is 27.0 Å². The molecule has 4 rings (SSSR count). The van der Waals surface area contributed by atoms with Gasteiger partial charge >= 0.3 is 0 Å². The third-order valence-corrected chi connectivity index (χ3v) is 6.42. The molecule has 3 N–H and O–H groups in total. The van der Waals surface area contributed by atoms with Gasteiger partial charge in [0.2, 0.25) is 0 Å². The standard InChI is InChI=1S/C22H29N5S.HI/c1-16-5-6-19-17(15-25-20(19)14-16)7-10-24-22(23-2)26-18-8-11-27(12-9-18)21-4-3-13-28-21;/h3-6,13-15,18,25H,7-12H2,1-2H3,(H2,23,24,26);1H. The van der Waals surface area contributed by atoms with Crippen LogP contribution in [-0.4, -0.2) is 43.7 Å². The molecule has 0 amide bonds. The van der Waals surface area contributed by atoms with Crippen LogP contribution < -0.4 is 15.5 Å². The van der Waals surface area contributed by atoms with Crippen LogP contribution in [0.15, 0.2) is 46.9 Å². The van der Waals surface area contributed by atoms with Crippen molar-refractivity contribution in [2.75, 3.05) is 31.6 Å². The van der Waals surface area contributed by atoms with E-state index < -0.39 is 0 Å². The number of guanidine groups is 1. The maximum Gasteiger partial charge on any atom is 0.191 e. The van der Waals surface area contributed by atoms with Crippen LogP contribution in [-0.2, 0) is 6.42 Å². The normalized spacial score (nSPS) is 15.4. The molecule has 156 valence electrons. The third-order valence-electron chi connectivity index (χ3n) is 5.49. The minimum absolute atomic E-state index is 0. The number of aliphatic imine (C=N–C) groups is 1.